The van der Waals surface area contributed by atoms with Crippen LogP contribution in [0.1, 0.15) is 25.7 Å². The van der Waals surface area contributed by atoms with Gasteiger partial charge in [0.05, 0.1) is 0 Å². The van der Waals surface area contributed by atoms with Crippen LogP contribution in [0.25, 0.3) is 0 Å². The molecule has 1 aliphatic rings. The maximum atomic E-state index is 10.9. The number of thioether (sulfide) groups is 1. The van der Waals surface area contributed by atoms with Crippen molar-refractivity contribution in [1.82, 2.24) is 10.6 Å². The zero-order chi connectivity index (χ0) is 18.6. The van der Waals surface area contributed by atoms with Crippen molar-refractivity contribution < 1.29 is 27.3 Å². The quantitative estimate of drug-likeness (QED) is 0.459. The lowest BCUT2D eigenvalue weighted by Gasteiger charge is -2.22. The SMILES string of the molecule is CS(=O)CCCCNC(=S)SC1CCNCC1.O=C(O)C(F)(F)F. The van der Waals surface area contributed by atoms with Gasteiger partial charge < -0.3 is 15.7 Å². The molecular formula is C13H23F3N2O3S3. The van der Waals surface area contributed by atoms with Crippen LogP contribution in [0, 0.1) is 0 Å². The first kappa shape index (κ1) is 23.6. The second-order valence-electron chi connectivity index (χ2n) is 5.07. The molecule has 0 spiro atoms. The normalized spacial score (nSPS) is 16.7. The highest BCUT2D eigenvalue weighted by molar-refractivity contribution is 8.23. The molecule has 0 aliphatic carbocycles. The minimum absolute atomic E-state index is 0.658. The van der Waals surface area contributed by atoms with E-state index >= 15 is 0 Å². The Bertz CT molecular complexity index is 417. The summed E-state index contributed by atoms with van der Waals surface area (Å²) in [4.78, 5) is 8.90. The number of carbonyl (C=O) groups is 1. The van der Waals surface area contributed by atoms with Crippen LogP contribution >= 0.6 is 24.0 Å². The largest absolute Gasteiger partial charge is 0.490 e. The third-order valence-electron chi connectivity index (χ3n) is 2.93. The third-order valence-corrected chi connectivity index (χ3v) is 5.39. The lowest BCUT2D eigenvalue weighted by atomic mass is 10.2. The number of hydrogen-bond acceptors (Lipinski definition) is 5. The smallest absolute Gasteiger partial charge is 0.475 e. The van der Waals surface area contributed by atoms with Crippen LogP contribution in [0.2, 0.25) is 0 Å². The summed E-state index contributed by atoms with van der Waals surface area (Å²) in [5.41, 5.74) is 0. The molecule has 0 aromatic heterocycles. The Hall–Kier alpha value is -0.390. The van der Waals surface area contributed by atoms with E-state index in [9.17, 15) is 17.4 Å². The number of nitrogens with one attached hydrogen (secondary N) is 2. The molecule has 142 valence electrons. The van der Waals surface area contributed by atoms with Crippen LogP contribution in [0.5, 0.6) is 0 Å². The predicted octanol–water partition coefficient (Wildman–Crippen LogP) is 2.14. The van der Waals surface area contributed by atoms with Crippen molar-refractivity contribution >= 4 is 45.1 Å². The first-order valence-corrected chi connectivity index (χ1v) is 10.4. The summed E-state index contributed by atoms with van der Waals surface area (Å²) in [6.07, 6.45) is 1.15. The van der Waals surface area contributed by atoms with E-state index in [1.165, 1.54) is 12.8 Å². The van der Waals surface area contributed by atoms with Gasteiger partial charge in [-0.2, -0.15) is 13.2 Å². The Morgan fingerprint density at radius 3 is 2.38 bits per heavy atom. The molecule has 0 aromatic carbocycles. The predicted molar refractivity (Wildman–Crippen MR) is 95.9 cm³/mol. The molecule has 3 N–H and O–H groups in total. The van der Waals surface area contributed by atoms with Gasteiger partial charge in [0.1, 0.15) is 4.32 Å². The number of carboxylic acids is 1. The fraction of sp³-hybridized carbons (Fsp3) is 0.846. The van der Waals surface area contributed by atoms with Crippen LogP contribution in [-0.2, 0) is 15.6 Å². The molecular weight excluding hydrogens is 385 g/mol. The van der Waals surface area contributed by atoms with E-state index in [0.29, 0.717) is 5.25 Å². The van der Waals surface area contributed by atoms with Gasteiger partial charge in [0.15, 0.2) is 0 Å². The van der Waals surface area contributed by atoms with Crippen LogP contribution in [0.4, 0.5) is 13.2 Å². The molecule has 24 heavy (non-hydrogen) atoms. The van der Waals surface area contributed by atoms with Crippen molar-refractivity contribution in [1.29, 1.82) is 0 Å². The van der Waals surface area contributed by atoms with Crippen LogP contribution in [0.3, 0.4) is 0 Å². The zero-order valence-corrected chi connectivity index (χ0v) is 15.8. The van der Waals surface area contributed by atoms with Gasteiger partial charge in [0.25, 0.3) is 0 Å². The summed E-state index contributed by atoms with van der Waals surface area (Å²) in [5, 5.41) is 14.4. The molecule has 0 radical (unpaired) electrons. The highest BCUT2D eigenvalue weighted by Crippen LogP contribution is 2.20. The van der Waals surface area contributed by atoms with Gasteiger partial charge in [0.2, 0.25) is 0 Å². The molecule has 5 nitrogen and oxygen atoms in total. The number of rotatable bonds is 6. The maximum absolute atomic E-state index is 10.9. The van der Waals surface area contributed by atoms with Crippen molar-refractivity contribution in [3.8, 4) is 0 Å². The lowest BCUT2D eigenvalue weighted by Crippen LogP contribution is -2.31. The first-order valence-electron chi connectivity index (χ1n) is 7.38. The average molecular weight is 409 g/mol. The summed E-state index contributed by atoms with van der Waals surface area (Å²) in [6, 6.07) is 0. The molecule has 11 heteroatoms. The standard InChI is InChI=1S/C11H22N2OS3.C2HF3O2/c1-17(14)9-3-2-6-13-11(15)16-10-4-7-12-8-5-10;3-2(4,5)1(6)7/h10,12H,2-9H2,1H3,(H,13,15);(H,6,7). The van der Waals surface area contributed by atoms with E-state index in [1.54, 1.807) is 18.0 Å². The van der Waals surface area contributed by atoms with Gasteiger partial charge in [-0.3, -0.25) is 4.21 Å². The second-order valence-corrected chi connectivity index (χ2v) is 8.60. The number of thiocarbonyl (C=S) groups is 1. The maximum Gasteiger partial charge on any atom is 0.490 e. The molecule has 0 amide bonds. The summed E-state index contributed by atoms with van der Waals surface area (Å²) in [5.74, 6) is -1.96. The van der Waals surface area contributed by atoms with Crippen molar-refractivity contribution in [3.63, 3.8) is 0 Å². The minimum atomic E-state index is -5.08. The highest BCUT2D eigenvalue weighted by Gasteiger charge is 2.38. The van der Waals surface area contributed by atoms with Gasteiger partial charge in [-0.15, -0.1) is 0 Å². The summed E-state index contributed by atoms with van der Waals surface area (Å²) < 4.78 is 43.5. The monoisotopic (exact) mass is 408 g/mol. The molecule has 0 saturated carbocycles. The van der Waals surface area contributed by atoms with Gasteiger partial charge in [-0.05, 0) is 38.8 Å². The number of halogens is 3. The Labute approximate surface area is 152 Å². The van der Waals surface area contributed by atoms with E-state index in [2.05, 4.69) is 10.6 Å². The van der Waals surface area contributed by atoms with E-state index in [4.69, 9.17) is 22.1 Å². The highest BCUT2D eigenvalue weighted by atomic mass is 32.2. The van der Waals surface area contributed by atoms with Gasteiger partial charge in [-0.1, -0.05) is 24.0 Å². The minimum Gasteiger partial charge on any atom is -0.475 e. The summed E-state index contributed by atoms with van der Waals surface area (Å²) in [6.45, 7) is 3.14. The van der Waals surface area contributed by atoms with Crippen molar-refractivity contribution in [2.75, 3.05) is 31.6 Å². The Kier molecular flexibility index (Phi) is 12.7. The second kappa shape index (κ2) is 12.9. The Balaban J connectivity index is 0.000000640. The fourth-order valence-electron chi connectivity index (χ4n) is 1.73. The third kappa shape index (κ3) is 14.0. The molecule has 1 aliphatic heterocycles. The summed E-state index contributed by atoms with van der Waals surface area (Å²) >= 11 is 7.11. The van der Waals surface area contributed by atoms with Crippen LogP contribution < -0.4 is 10.6 Å². The van der Waals surface area contributed by atoms with Gasteiger partial charge in [-0.25, -0.2) is 4.79 Å². The molecule has 0 aromatic rings. The molecule has 1 rings (SSSR count). The molecule has 1 fully saturated rings. The molecule has 1 saturated heterocycles. The Morgan fingerprint density at radius 2 is 1.92 bits per heavy atom. The zero-order valence-electron chi connectivity index (χ0n) is 13.4. The van der Waals surface area contributed by atoms with E-state index in [-0.39, 0.29) is 0 Å². The Morgan fingerprint density at radius 1 is 1.38 bits per heavy atom. The average Bonchev–Trinajstić information content (AvgIpc) is 2.47. The number of unbranched alkanes of at least 4 members (excludes halogenated alkanes) is 1. The number of piperidine rings is 1. The van der Waals surface area contributed by atoms with E-state index in [0.717, 1.165) is 42.5 Å². The topological polar surface area (TPSA) is 78.4 Å². The van der Waals surface area contributed by atoms with Gasteiger partial charge >= 0.3 is 12.1 Å². The molecule has 0 bridgehead atoms. The van der Waals surface area contributed by atoms with Crippen molar-refractivity contribution in [3.05, 3.63) is 0 Å². The van der Waals surface area contributed by atoms with E-state index in [1.807, 2.05) is 0 Å². The number of alkyl halides is 3. The van der Waals surface area contributed by atoms with Crippen LogP contribution in [-0.4, -0.2) is 62.7 Å². The number of carboxylic acid groups (broad SMARTS) is 1. The van der Waals surface area contributed by atoms with Crippen LogP contribution in [0.15, 0.2) is 0 Å². The number of aliphatic carboxylic acids is 1. The number of hydrogen-bond donors (Lipinski definition) is 3. The lowest BCUT2D eigenvalue weighted by molar-refractivity contribution is -0.192. The first-order chi connectivity index (χ1) is 11.1. The van der Waals surface area contributed by atoms with E-state index < -0.39 is 22.9 Å². The summed E-state index contributed by atoms with van der Waals surface area (Å²) in [7, 11) is -0.658. The van der Waals surface area contributed by atoms with Crippen molar-refractivity contribution in [2.24, 2.45) is 0 Å². The van der Waals surface area contributed by atoms with Crippen molar-refractivity contribution in [2.45, 2.75) is 37.1 Å². The molecule has 1 atom stereocenters. The van der Waals surface area contributed by atoms with Gasteiger partial charge in [0, 0.05) is 34.6 Å². The molecule has 1 unspecified atom stereocenters. The molecule has 1 heterocycles. The fourth-order valence-corrected chi connectivity index (χ4v) is 3.81.